The molecule has 1 aromatic rings. The van der Waals surface area contributed by atoms with Gasteiger partial charge in [-0.1, -0.05) is 19.1 Å². The highest BCUT2D eigenvalue weighted by Gasteiger charge is 2.34. The number of anilines is 1. The van der Waals surface area contributed by atoms with Crippen LogP contribution >= 0.6 is 0 Å². The van der Waals surface area contributed by atoms with Gasteiger partial charge in [0.25, 0.3) is 0 Å². The Hall–Kier alpha value is -1.60. The van der Waals surface area contributed by atoms with Crippen LogP contribution in [0.5, 0.6) is 0 Å². The molecule has 0 aromatic heterocycles. The van der Waals surface area contributed by atoms with Crippen molar-refractivity contribution in [3.63, 3.8) is 0 Å². The van der Waals surface area contributed by atoms with E-state index in [4.69, 9.17) is 0 Å². The minimum atomic E-state index is -3.57. The first-order chi connectivity index (χ1) is 11.2. The highest BCUT2D eigenvalue weighted by atomic mass is 32.2. The Labute approximate surface area is 145 Å². The average Bonchev–Trinajstić information content (AvgIpc) is 2.51. The predicted molar refractivity (Wildman–Crippen MR) is 96.7 cm³/mol. The smallest absolute Gasteiger partial charge is 0.246 e. The highest BCUT2D eigenvalue weighted by molar-refractivity contribution is 7.92. The van der Waals surface area contributed by atoms with Crippen LogP contribution in [0.3, 0.4) is 0 Å². The average molecular weight is 353 g/mol. The highest BCUT2D eigenvalue weighted by Crippen LogP contribution is 2.24. The van der Waals surface area contributed by atoms with E-state index in [1.54, 1.807) is 17.0 Å². The number of piperazine rings is 1. The number of aryl methyl sites for hydroxylation is 1. The molecule has 0 aliphatic carbocycles. The Balaban J connectivity index is 2.34. The summed E-state index contributed by atoms with van der Waals surface area (Å²) >= 11 is 0. The van der Waals surface area contributed by atoms with Crippen molar-refractivity contribution in [2.24, 2.45) is 0 Å². The molecule has 0 saturated carbocycles. The first-order valence-corrected chi connectivity index (χ1v) is 10.1. The molecule has 1 aromatic carbocycles. The number of amides is 1. The Bertz CT molecular complexity index is 682. The second-order valence-corrected chi connectivity index (χ2v) is 8.31. The van der Waals surface area contributed by atoms with Gasteiger partial charge in [0, 0.05) is 26.2 Å². The van der Waals surface area contributed by atoms with Gasteiger partial charge in [-0.3, -0.25) is 9.10 Å². The van der Waals surface area contributed by atoms with E-state index in [0.717, 1.165) is 24.9 Å². The lowest BCUT2D eigenvalue weighted by atomic mass is 10.1. The lowest BCUT2D eigenvalue weighted by molar-refractivity contribution is -0.134. The summed E-state index contributed by atoms with van der Waals surface area (Å²) < 4.78 is 26.1. The molecule has 1 saturated heterocycles. The summed E-state index contributed by atoms with van der Waals surface area (Å²) in [5, 5.41) is 0. The van der Waals surface area contributed by atoms with Crippen molar-refractivity contribution in [1.82, 2.24) is 9.80 Å². The maximum atomic E-state index is 13.0. The largest absolute Gasteiger partial charge is 0.338 e. The lowest BCUT2D eigenvalue weighted by Gasteiger charge is -2.37. The monoisotopic (exact) mass is 353 g/mol. The van der Waals surface area contributed by atoms with Crippen LogP contribution in [-0.2, 0) is 14.8 Å². The molecular formula is C17H27N3O3S. The normalized spacial score (nSPS) is 17.6. The minimum Gasteiger partial charge on any atom is -0.338 e. The van der Waals surface area contributed by atoms with Gasteiger partial charge in [0.2, 0.25) is 15.9 Å². The summed E-state index contributed by atoms with van der Waals surface area (Å²) in [6.07, 6.45) is 1.60. The summed E-state index contributed by atoms with van der Waals surface area (Å²) in [7, 11) is -1.54. The summed E-state index contributed by atoms with van der Waals surface area (Å²) in [6, 6.07) is 6.57. The summed E-state index contributed by atoms with van der Waals surface area (Å²) in [4.78, 5) is 16.9. The van der Waals surface area contributed by atoms with E-state index >= 15 is 0 Å². The number of hydrogen-bond acceptors (Lipinski definition) is 4. The zero-order valence-electron chi connectivity index (χ0n) is 14.9. The third-order valence-electron chi connectivity index (χ3n) is 4.38. The molecule has 24 heavy (non-hydrogen) atoms. The van der Waals surface area contributed by atoms with Gasteiger partial charge in [0.15, 0.2) is 0 Å². The SMILES string of the molecule is CC[C@@H](C(=O)N1CCN(C)CC1)N(c1cccc(C)c1)S(C)(=O)=O. The molecule has 7 heteroatoms. The summed E-state index contributed by atoms with van der Waals surface area (Å²) in [5.41, 5.74) is 1.51. The van der Waals surface area contributed by atoms with Gasteiger partial charge in [-0.05, 0) is 38.1 Å². The second-order valence-electron chi connectivity index (χ2n) is 6.45. The van der Waals surface area contributed by atoms with Crippen LogP contribution in [0.4, 0.5) is 5.69 Å². The number of sulfonamides is 1. The number of hydrogen-bond donors (Lipinski definition) is 0. The minimum absolute atomic E-state index is 0.113. The van der Waals surface area contributed by atoms with Crippen LogP contribution in [-0.4, -0.2) is 69.6 Å². The zero-order chi connectivity index (χ0) is 17.9. The molecule has 0 bridgehead atoms. The number of likely N-dealkylation sites (N-methyl/N-ethyl adjacent to an activating group) is 1. The molecule has 1 fully saturated rings. The van der Waals surface area contributed by atoms with Crippen molar-refractivity contribution >= 4 is 21.6 Å². The molecule has 0 radical (unpaired) electrons. The molecule has 1 amide bonds. The molecule has 2 rings (SSSR count). The number of carbonyl (C=O) groups is 1. The van der Waals surface area contributed by atoms with Crippen LogP contribution in [0.25, 0.3) is 0 Å². The first-order valence-electron chi connectivity index (χ1n) is 8.27. The molecule has 0 N–H and O–H groups in total. The fourth-order valence-electron chi connectivity index (χ4n) is 3.05. The Kier molecular flexibility index (Phi) is 5.87. The van der Waals surface area contributed by atoms with Crippen LogP contribution in [0.2, 0.25) is 0 Å². The Morgan fingerprint density at radius 3 is 2.38 bits per heavy atom. The molecular weight excluding hydrogens is 326 g/mol. The van der Waals surface area contributed by atoms with Crippen molar-refractivity contribution in [3.8, 4) is 0 Å². The molecule has 0 spiro atoms. The van der Waals surface area contributed by atoms with Crippen molar-refractivity contribution in [3.05, 3.63) is 29.8 Å². The molecule has 6 nitrogen and oxygen atoms in total. The lowest BCUT2D eigenvalue weighted by Crippen LogP contribution is -2.55. The quantitative estimate of drug-likeness (QED) is 0.801. The van der Waals surface area contributed by atoms with Gasteiger partial charge in [0.1, 0.15) is 6.04 Å². The van der Waals surface area contributed by atoms with Gasteiger partial charge >= 0.3 is 0 Å². The molecule has 1 aliphatic rings. The van der Waals surface area contributed by atoms with Gasteiger partial charge < -0.3 is 9.80 Å². The Morgan fingerprint density at radius 2 is 1.88 bits per heavy atom. The van der Waals surface area contributed by atoms with Crippen LogP contribution in [0.15, 0.2) is 24.3 Å². The first kappa shape index (κ1) is 18.7. The third kappa shape index (κ3) is 4.27. The van der Waals surface area contributed by atoms with Crippen LogP contribution in [0, 0.1) is 6.92 Å². The molecule has 1 atom stereocenters. The molecule has 1 aliphatic heterocycles. The fraction of sp³-hybridized carbons (Fsp3) is 0.588. The van der Waals surface area contributed by atoms with Crippen molar-refractivity contribution in [2.75, 3.05) is 43.8 Å². The van der Waals surface area contributed by atoms with Gasteiger partial charge in [-0.15, -0.1) is 0 Å². The third-order valence-corrected chi connectivity index (χ3v) is 5.56. The van der Waals surface area contributed by atoms with Crippen LogP contribution < -0.4 is 4.31 Å². The van der Waals surface area contributed by atoms with E-state index in [2.05, 4.69) is 4.90 Å². The van der Waals surface area contributed by atoms with E-state index < -0.39 is 16.1 Å². The second kappa shape index (κ2) is 7.53. The summed E-state index contributed by atoms with van der Waals surface area (Å²) in [6.45, 7) is 6.66. The van der Waals surface area contributed by atoms with Gasteiger partial charge in [0.05, 0.1) is 11.9 Å². The number of carbonyl (C=O) groups excluding carboxylic acids is 1. The topological polar surface area (TPSA) is 60.9 Å². The van der Waals surface area contributed by atoms with E-state index in [0.29, 0.717) is 25.2 Å². The standard InChI is InChI=1S/C17H27N3O3S/c1-5-16(17(21)19-11-9-18(3)10-12-19)20(24(4,22)23)15-8-6-7-14(2)13-15/h6-8,13,16H,5,9-12H2,1-4H3/t16-/m0/s1. The molecule has 134 valence electrons. The maximum absolute atomic E-state index is 13.0. The Morgan fingerprint density at radius 1 is 1.25 bits per heavy atom. The van der Waals surface area contributed by atoms with E-state index in [-0.39, 0.29) is 5.91 Å². The predicted octanol–water partition coefficient (Wildman–Crippen LogP) is 1.31. The van der Waals surface area contributed by atoms with Gasteiger partial charge in [-0.25, -0.2) is 8.42 Å². The number of benzene rings is 1. The van der Waals surface area contributed by atoms with Crippen molar-refractivity contribution in [2.45, 2.75) is 26.3 Å². The number of rotatable bonds is 5. The van der Waals surface area contributed by atoms with E-state index in [1.165, 1.54) is 4.31 Å². The van der Waals surface area contributed by atoms with Crippen LogP contribution in [0.1, 0.15) is 18.9 Å². The van der Waals surface area contributed by atoms with Gasteiger partial charge in [-0.2, -0.15) is 0 Å². The fourth-order valence-corrected chi connectivity index (χ4v) is 4.24. The van der Waals surface area contributed by atoms with E-state index in [1.807, 2.05) is 33.0 Å². The van der Waals surface area contributed by atoms with E-state index in [9.17, 15) is 13.2 Å². The number of nitrogens with zero attached hydrogens (tertiary/aromatic N) is 3. The molecule has 1 heterocycles. The van der Waals surface area contributed by atoms with Crippen molar-refractivity contribution in [1.29, 1.82) is 0 Å². The zero-order valence-corrected chi connectivity index (χ0v) is 15.7. The maximum Gasteiger partial charge on any atom is 0.246 e. The molecule has 0 unspecified atom stereocenters. The summed E-state index contributed by atoms with van der Waals surface area (Å²) in [5.74, 6) is -0.113. The van der Waals surface area contributed by atoms with Crippen molar-refractivity contribution < 1.29 is 13.2 Å².